The molecule has 0 radical (unpaired) electrons. The van der Waals surface area contributed by atoms with Crippen LogP contribution < -0.4 is 19.1 Å². The number of ether oxygens (including phenoxy) is 2. The number of carbonyl (C=O) groups excluding carboxylic acids is 2. The summed E-state index contributed by atoms with van der Waals surface area (Å²) in [5.74, 6) is -0.978. The number of halogens is 3. The van der Waals surface area contributed by atoms with E-state index in [4.69, 9.17) is 32.7 Å². The molecule has 9 nitrogen and oxygen atoms in total. The number of carbonyl (C=O) groups is 2. The number of nitrogens with one attached hydrogen (secondary N) is 1. The summed E-state index contributed by atoms with van der Waals surface area (Å²) in [6, 6.07) is 12.8. The molecule has 1 N–H and O–H groups in total. The van der Waals surface area contributed by atoms with Crippen molar-refractivity contribution in [2.45, 2.75) is 50.6 Å². The van der Waals surface area contributed by atoms with Crippen LogP contribution in [0.15, 0.2) is 65.6 Å². The molecule has 236 valence electrons. The van der Waals surface area contributed by atoms with Gasteiger partial charge in [0.15, 0.2) is 11.5 Å². The molecule has 44 heavy (non-hydrogen) atoms. The number of fused-ring (bicyclic) bond motifs is 1. The van der Waals surface area contributed by atoms with Crippen LogP contribution in [-0.2, 0) is 26.2 Å². The quantitative estimate of drug-likeness (QED) is 0.231. The average Bonchev–Trinajstić information content (AvgIpc) is 3.01. The molecule has 2 amide bonds. The van der Waals surface area contributed by atoms with Gasteiger partial charge in [-0.15, -0.1) is 0 Å². The van der Waals surface area contributed by atoms with E-state index >= 15 is 0 Å². The molecule has 3 aromatic rings. The van der Waals surface area contributed by atoms with Crippen LogP contribution in [0.4, 0.5) is 10.1 Å². The smallest absolute Gasteiger partial charge is 0.264 e. The van der Waals surface area contributed by atoms with Crippen molar-refractivity contribution in [1.82, 2.24) is 10.2 Å². The van der Waals surface area contributed by atoms with Crippen molar-refractivity contribution in [3.8, 4) is 11.5 Å². The molecule has 1 unspecified atom stereocenters. The monoisotopic (exact) mass is 665 g/mol. The van der Waals surface area contributed by atoms with Crippen LogP contribution in [0.5, 0.6) is 11.5 Å². The molecule has 0 saturated carbocycles. The summed E-state index contributed by atoms with van der Waals surface area (Å²) in [7, 11) is -4.40. The van der Waals surface area contributed by atoms with Gasteiger partial charge in [-0.25, -0.2) is 12.8 Å². The van der Waals surface area contributed by atoms with Crippen molar-refractivity contribution in [1.29, 1.82) is 0 Å². The zero-order valence-corrected chi connectivity index (χ0v) is 26.7. The fourth-order valence-electron chi connectivity index (χ4n) is 4.71. The predicted octanol–water partition coefficient (Wildman–Crippen LogP) is 5.82. The van der Waals surface area contributed by atoms with Crippen LogP contribution in [-0.4, -0.2) is 57.5 Å². The van der Waals surface area contributed by atoms with Gasteiger partial charge in [-0.2, -0.15) is 0 Å². The maximum absolute atomic E-state index is 14.2. The highest BCUT2D eigenvalue weighted by atomic mass is 35.5. The zero-order chi connectivity index (χ0) is 31.9. The van der Waals surface area contributed by atoms with Crippen LogP contribution >= 0.6 is 23.2 Å². The zero-order valence-electron chi connectivity index (χ0n) is 24.4. The Kier molecular flexibility index (Phi) is 11.3. The third-order valence-corrected chi connectivity index (χ3v) is 9.42. The number of sulfonamides is 1. The van der Waals surface area contributed by atoms with Gasteiger partial charge in [0.2, 0.25) is 11.8 Å². The van der Waals surface area contributed by atoms with Crippen molar-refractivity contribution in [3.05, 3.63) is 82.1 Å². The summed E-state index contributed by atoms with van der Waals surface area (Å²) in [5.41, 5.74) is 0.576. The topological polar surface area (TPSA) is 105 Å². The van der Waals surface area contributed by atoms with Gasteiger partial charge in [-0.3, -0.25) is 13.9 Å². The predicted molar refractivity (Wildman–Crippen MR) is 167 cm³/mol. The lowest BCUT2D eigenvalue weighted by Gasteiger charge is -2.33. The van der Waals surface area contributed by atoms with Gasteiger partial charge in [0.25, 0.3) is 10.0 Å². The Morgan fingerprint density at radius 2 is 1.68 bits per heavy atom. The molecule has 0 saturated heterocycles. The molecule has 0 fully saturated rings. The summed E-state index contributed by atoms with van der Waals surface area (Å²) in [6.45, 7) is 3.98. The highest BCUT2D eigenvalue weighted by Gasteiger charge is 2.34. The minimum Gasteiger partial charge on any atom is -0.486 e. The van der Waals surface area contributed by atoms with Crippen LogP contribution in [0.3, 0.4) is 0 Å². The van der Waals surface area contributed by atoms with E-state index in [1.807, 2.05) is 6.92 Å². The van der Waals surface area contributed by atoms with Crippen LogP contribution in [0.2, 0.25) is 10.0 Å². The normalized spacial score (nSPS) is 13.2. The van der Waals surface area contributed by atoms with Crippen molar-refractivity contribution < 1.29 is 31.9 Å². The average molecular weight is 667 g/mol. The lowest BCUT2D eigenvalue weighted by molar-refractivity contribution is -0.140. The van der Waals surface area contributed by atoms with E-state index in [2.05, 4.69) is 5.32 Å². The van der Waals surface area contributed by atoms with Crippen LogP contribution in [0.25, 0.3) is 0 Å². The number of amides is 2. The molecule has 1 heterocycles. The van der Waals surface area contributed by atoms with Gasteiger partial charge in [0.05, 0.1) is 10.6 Å². The van der Waals surface area contributed by atoms with Gasteiger partial charge < -0.3 is 19.7 Å². The van der Waals surface area contributed by atoms with Crippen molar-refractivity contribution >= 4 is 50.7 Å². The number of unbranched alkanes of at least 4 members (excludes halogenated alkanes) is 1. The summed E-state index contributed by atoms with van der Waals surface area (Å²) in [5, 5.41) is 3.55. The standard InChI is InChI=1S/C31H34Cl2FN3O6S/c1-3-5-14-35-31(39)27(4-2)36(19-21-6-7-22(32)17-26(21)33)30(38)20-37(24-10-8-23(34)9-11-24)44(40,41)25-12-13-28-29(18-25)43-16-15-42-28/h6-13,17-18,27H,3-5,14-16,19-20H2,1-2H3,(H,35,39). The highest BCUT2D eigenvalue weighted by Crippen LogP contribution is 2.34. The summed E-state index contributed by atoms with van der Waals surface area (Å²) in [6.07, 6.45) is 1.87. The Morgan fingerprint density at radius 1 is 0.977 bits per heavy atom. The van der Waals surface area contributed by atoms with E-state index in [9.17, 15) is 22.4 Å². The summed E-state index contributed by atoms with van der Waals surface area (Å²) < 4.78 is 54.1. The molecule has 0 spiro atoms. The first kappa shape index (κ1) is 33.4. The fourth-order valence-corrected chi connectivity index (χ4v) is 6.60. The molecule has 0 bridgehead atoms. The van der Waals surface area contributed by atoms with Gasteiger partial charge in [-0.1, -0.05) is 49.5 Å². The molecule has 0 aliphatic carbocycles. The molecular formula is C31H34Cl2FN3O6S. The largest absolute Gasteiger partial charge is 0.486 e. The SMILES string of the molecule is CCCCNC(=O)C(CC)N(Cc1ccc(Cl)cc1Cl)C(=O)CN(c1ccc(F)cc1)S(=O)(=O)c1ccc2c(c1)OCCO2. The summed E-state index contributed by atoms with van der Waals surface area (Å²) in [4.78, 5) is 28.6. The van der Waals surface area contributed by atoms with Crippen molar-refractivity contribution in [3.63, 3.8) is 0 Å². The van der Waals surface area contributed by atoms with E-state index in [-0.39, 0.29) is 46.8 Å². The molecule has 4 rings (SSSR count). The highest BCUT2D eigenvalue weighted by molar-refractivity contribution is 7.92. The molecular weight excluding hydrogens is 632 g/mol. The van der Waals surface area contributed by atoms with Crippen LogP contribution in [0.1, 0.15) is 38.7 Å². The Morgan fingerprint density at radius 3 is 2.34 bits per heavy atom. The minimum atomic E-state index is -4.40. The minimum absolute atomic E-state index is 0.0551. The lowest BCUT2D eigenvalue weighted by Crippen LogP contribution is -2.52. The van der Waals surface area contributed by atoms with Crippen molar-refractivity contribution in [2.75, 3.05) is 30.6 Å². The number of rotatable bonds is 13. The molecule has 0 aromatic heterocycles. The maximum Gasteiger partial charge on any atom is 0.264 e. The van der Waals surface area contributed by atoms with E-state index in [1.54, 1.807) is 19.1 Å². The van der Waals surface area contributed by atoms with Gasteiger partial charge in [-0.05, 0) is 66.9 Å². The molecule has 3 aromatic carbocycles. The van der Waals surface area contributed by atoms with Crippen molar-refractivity contribution in [2.24, 2.45) is 0 Å². The van der Waals surface area contributed by atoms with Gasteiger partial charge in [0.1, 0.15) is 31.6 Å². The first-order chi connectivity index (χ1) is 21.0. The second-order valence-corrected chi connectivity index (χ2v) is 12.8. The Hall–Kier alpha value is -3.54. The fraction of sp³-hybridized carbons (Fsp3) is 0.355. The second-order valence-electron chi connectivity index (χ2n) is 10.1. The third-order valence-electron chi connectivity index (χ3n) is 7.07. The Bertz CT molecular complexity index is 1590. The maximum atomic E-state index is 14.2. The van der Waals surface area contributed by atoms with E-state index < -0.39 is 34.3 Å². The number of hydrogen-bond donors (Lipinski definition) is 1. The summed E-state index contributed by atoms with van der Waals surface area (Å²) >= 11 is 12.5. The second kappa shape index (κ2) is 15.0. The molecule has 1 aliphatic heterocycles. The molecule has 1 aliphatic rings. The van der Waals surface area contributed by atoms with Gasteiger partial charge in [0, 0.05) is 29.2 Å². The number of hydrogen-bond acceptors (Lipinski definition) is 6. The van der Waals surface area contributed by atoms with E-state index in [0.29, 0.717) is 29.5 Å². The Labute approximate surface area is 266 Å². The first-order valence-corrected chi connectivity index (χ1v) is 16.4. The van der Waals surface area contributed by atoms with E-state index in [0.717, 1.165) is 29.3 Å². The molecule has 1 atom stereocenters. The lowest BCUT2D eigenvalue weighted by atomic mass is 10.1. The Balaban J connectivity index is 1.74. The third kappa shape index (κ3) is 7.94. The number of benzene rings is 3. The number of nitrogens with zero attached hydrogens (tertiary/aromatic N) is 2. The number of anilines is 1. The van der Waals surface area contributed by atoms with Gasteiger partial charge >= 0.3 is 0 Å². The first-order valence-electron chi connectivity index (χ1n) is 14.2. The molecule has 13 heteroatoms. The van der Waals surface area contributed by atoms with Crippen LogP contribution in [0, 0.1) is 5.82 Å². The van der Waals surface area contributed by atoms with E-state index in [1.165, 1.54) is 41.3 Å².